The Kier molecular flexibility index (Phi) is 4.39. The molecule has 0 radical (unpaired) electrons. The van der Waals surface area contributed by atoms with Crippen LogP contribution in [0.25, 0.3) is 16.2 Å². The Morgan fingerprint density at radius 2 is 1.85 bits per heavy atom. The van der Waals surface area contributed by atoms with E-state index in [1.54, 1.807) is 49.7 Å². The largest absolute Gasteiger partial charge is 0.497 e. The van der Waals surface area contributed by atoms with Crippen molar-refractivity contribution < 1.29 is 9.53 Å². The molecule has 2 aromatic carbocycles. The minimum atomic E-state index is -0.426. The summed E-state index contributed by atoms with van der Waals surface area (Å²) < 4.78 is 6.55. The van der Waals surface area contributed by atoms with E-state index in [-0.39, 0.29) is 11.6 Å². The van der Waals surface area contributed by atoms with Crippen molar-refractivity contribution in [1.82, 2.24) is 14.6 Å². The lowest BCUT2D eigenvalue weighted by atomic mass is 10.2. The molecule has 7 nitrogen and oxygen atoms in total. The average molecular weight is 378 g/mol. The fraction of sp³-hybridized carbons (Fsp3) is 0.0526. The summed E-state index contributed by atoms with van der Waals surface area (Å²) in [4.78, 5) is 29.6. The van der Waals surface area contributed by atoms with E-state index >= 15 is 0 Å². The monoisotopic (exact) mass is 378 g/mol. The van der Waals surface area contributed by atoms with Crippen molar-refractivity contribution in [2.45, 2.75) is 0 Å². The van der Waals surface area contributed by atoms with Gasteiger partial charge in [0.2, 0.25) is 4.96 Å². The SMILES string of the molecule is COc1ccc(NC(=O)c2cn3nc(-c4ccccc4)c(=O)nc3s2)cc1. The van der Waals surface area contributed by atoms with Crippen molar-refractivity contribution >= 4 is 27.9 Å². The highest BCUT2D eigenvalue weighted by Crippen LogP contribution is 2.20. The number of nitrogens with zero attached hydrogens (tertiary/aromatic N) is 3. The zero-order chi connectivity index (χ0) is 18.8. The molecule has 2 heterocycles. The van der Waals surface area contributed by atoms with Crippen molar-refractivity contribution in [1.29, 1.82) is 0 Å². The Balaban J connectivity index is 1.64. The van der Waals surface area contributed by atoms with Gasteiger partial charge >= 0.3 is 5.56 Å². The molecule has 0 bridgehead atoms. The summed E-state index contributed by atoms with van der Waals surface area (Å²) in [5, 5.41) is 7.13. The Labute approximate surface area is 157 Å². The van der Waals surface area contributed by atoms with Crippen LogP contribution in [0, 0.1) is 0 Å². The van der Waals surface area contributed by atoms with Crippen LogP contribution in [0.4, 0.5) is 5.69 Å². The van der Waals surface area contributed by atoms with Crippen molar-refractivity contribution in [3.05, 3.63) is 76.0 Å². The lowest BCUT2D eigenvalue weighted by molar-refractivity contribution is 0.103. The third kappa shape index (κ3) is 3.42. The van der Waals surface area contributed by atoms with E-state index in [4.69, 9.17) is 4.74 Å². The fourth-order valence-corrected chi connectivity index (χ4v) is 3.33. The molecule has 4 aromatic rings. The normalized spacial score (nSPS) is 10.7. The maximum Gasteiger partial charge on any atom is 0.300 e. The second-order valence-electron chi connectivity index (χ2n) is 5.64. The van der Waals surface area contributed by atoms with Gasteiger partial charge in [-0.15, -0.1) is 0 Å². The smallest absolute Gasteiger partial charge is 0.300 e. The highest BCUT2D eigenvalue weighted by Gasteiger charge is 2.15. The predicted octanol–water partition coefficient (Wildman–Crippen LogP) is 3.08. The van der Waals surface area contributed by atoms with Crippen molar-refractivity contribution in [3.8, 4) is 17.0 Å². The van der Waals surface area contributed by atoms with Crippen molar-refractivity contribution in [2.24, 2.45) is 0 Å². The maximum absolute atomic E-state index is 12.5. The van der Waals surface area contributed by atoms with E-state index in [2.05, 4.69) is 15.4 Å². The van der Waals surface area contributed by atoms with E-state index in [1.165, 1.54) is 4.52 Å². The van der Waals surface area contributed by atoms with E-state index in [0.29, 0.717) is 26.8 Å². The first kappa shape index (κ1) is 16.9. The molecule has 4 rings (SSSR count). The molecule has 2 aromatic heterocycles. The topological polar surface area (TPSA) is 85.6 Å². The minimum absolute atomic E-state index is 0.244. The van der Waals surface area contributed by atoms with Crippen LogP contribution >= 0.6 is 11.3 Å². The number of carbonyl (C=O) groups excluding carboxylic acids is 1. The van der Waals surface area contributed by atoms with Crippen LogP contribution in [0.3, 0.4) is 0 Å². The molecule has 0 spiro atoms. The van der Waals surface area contributed by atoms with E-state index in [1.807, 2.05) is 18.2 Å². The molecule has 1 amide bonds. The van der Waals surface area contributed by atoms with Gasteiger partial charge in [-0.2, -0.15) is 10.1 Å². The van der Waals surface area contributed by atoms with E-state index in [9.17, 15) is 9.59 Å². The number of thiazole rings is 1. The first-order chi connectivity index (χ1) is 13.1. The van der Waals surface area contributed by atoms with Crippen LogP contribution in [0.2, 0.25) is 0 Å². The van der Waals surface area contributed by atoms with Crippen LogP contribution in [-0.4, -0.2) is 27.6 Å². The number of aromatic nitrogens is 3. The first-order valence-electron chi connectivity index (χ1n) is 8.05. The summed E-state index contributed by atoms with van der Waals surface area (Å²) in [5.41, 5.74) is 1.14. The van der Waals surface area contributed by atoms with Gasteiger partial charge < -0.3 is 10.1 Å². The lowest BCUT2D eigenvalue weighted by Crippen LogP contribution is -2.14. The van der Waals surface area contributed by atoms with Gasteiger partial charge in [0.1, 0.15) is 10.6 Å². The Hall–Kier alpha value is -3.52. The zero-order valence-electron chi connectivity index (χ0n) is 14.2. The second kappa shape index (κ2) is 7.00. The molecule has 0 unspecified atom stereocenters. The van der Waals surface area contributed by atoms with Gasteiger partial charge in [-0.3, -0.25) is 9.59 Å². The van der Waals surface area contributed by atoms with Crippen LogP contribution in [0.15, 0.2) is 65.6 Å². The van der Waals surface area contributed by atoms with Crippen LogP contribution in [0.1, 0.15) is 9.67 Å². The fourth-order valence-electron chi connectivity index (χ4n) is 2.52. The first-order valence-corrected chi connectivity index (χ1v) is 8.87. The molecule has 0 saturated heterocycles. The Morgan fingerprint density at radius 1 is 1.11 bits per heavy atom. The Morgan fingerprint density at radius 3 is 2.56 bits per heavy atom. The summed E-state index contributed by atoms with van der Waals surface area (Å²) in [5.74, 6) is 0.404. The third-order valence-electron chi connectivity index (χ3n) is 3.86. The number of benzene rings is 2. The zero-order valence-corrected chi connectivity index (χ0v) is 15.1. The van der Waals surface area contributed by atoms with Crippen LogP contribution in [-0.2, 0) is 0 Å². The molecule has 0 aliphatic heterocycles. The summed E-state index contributed by atoms with van der Waals surface area (Å²) in [7, 11) is 1.58. The number of rotatable bonds is 4. The molecule has 0 atom stereocenters. The quantitative estimate of drug-likeness (QED) is 0.590. The van der Waals surface area contributed by atoms with Crippen molar-refractivity contribution in [3.63, 3.8) is 0 Å². The van der Waals surface area contributed by atoms with Crippen LogP contribution < -0.4 is 15.6 Å². The molecule has 8 heteroatoms. The van der Waals surface area contributed by atoms with Gasteiger partial charge in [0, 0.05) is 11.3 Å². The van der Waals surface area contributed by atoms with Gasteiger partial charge in [-0.25, -0.2) is 4.52 Å². The van der Waals surface area contributed by atoms with Crippen LogP contribution in [0.5, 0.6) is 5.75 Å². The number of nitrogens with one attached hydrogen (secondary N) is 1. The number of methoxy groups -OCH3 is 1. The molecule has 0 fully saturated rings. The molecular formula is C19H14N4O3S. The molecule has 1 N–H and O–H groups in total. The van der Waals surface area contributed by atoms with Crippen molar-refractivity contribution in [2.75, 3.05) is 12.4 Å². The molecular weight excluding hydrogens is 364 g/mol. The number of carbonyl (C=O) groups is 1. The Bertz CT molecular complexity index is 1170. The highest BCUT2D eigenvalue weighted by atomic mass is 32.1. The number of hydrogen-bond donors (Lipinski definition) is 1. The second-order valence-corrected chi connectivity index (χ2v) is 6.65. The van der Waals surface area contributed by atoms with Gasteiger partial charge in [0.05, 0.1) is 13.3 Å². The van der Waals surface area contributed by atoms with Gasteiger partial charge in [-0.05, 0) is 24.3 Å². The maximum atomic E-state index is 12.5. The number of hydrogen-bond acceptors (Lipinski definition) is 6. The van der Waals surface area contributed by atoms with Gasteiger partial charge in [0.25, 0.3) is 5.91 Å². The van der Waals surface area contributed by atoms with E-state index < -0.39 is 5.56 Å². The molecule has 27 heavy (non-hydrogen) atoms. The van der Waals surface area contributed by atoms with Gasteiger partial charge in [-0.1, -0.05) is 41.7 Å². The summed E-state index contributed by atoms with van der Waals surface area (Å²) >= 11 is 1.10. The number of amides is 1. The summed E-state index contributed by atoms with van der Waals surface area (Å²) in [6.07, 6.45) is 1.57. The standard InChI is InChI=1S/C19H14N4O3S/c1-26-14-9-7-13(8-10-14)20-17(24)15-11-23-19(27-15)21-18(25)16(22-23)12-5-3-2-4-6-12/h2-11H,1H3,(H,20,24). The molecule has 0 saturated carbocycles. The summed E-state index contributed by atoms with van der Waals surface area (Å²) in [6.45, 7) is 0. The third-order valence-corrected chi connectivity index (χ3v) is 4.83. The number of anilines is 1. The highest BCUT2D eigenvalue weighted by molar-refractivity contribution is 7.18. The molecule has 0 aliphatic rings. The average Bonchev–Trinajstić information content (AvgIpc) is 3.11. The predicted molar refractivity (Wildman–Crippen MR) is 104 cm³/mol. The summed E-state index contributed by atoms with van der Waals surface area (Å²) in [6, 6.07) is 16.1. The molecule has 134 valence electrons. The molecule has 0 aliphatic carbocycles. The number of ether oxygens (including phenoxy) is 1. The number of fused-ring (bicyclic) bond motifs is 1. The minimum Gasteiger partial charge on any atom is -0.497 e. The van der Waals surface area contributed by atoms with E-state index in [0.717, 1.165) is 11.3 Å². The lowest BCUT2D eigenvalue weighted by Gasteiger charge is -2.04. The van der Waals surface area contributed by atoms with Gasteiger partial charge in [0.15, 0.2) is 5.69 Å².